The standard InChI is InChI=1S/C17H22N2O7S2/c1-3-25-16(23)5-14-18(12(21)9-27-14)7-11(20)8-19-13(22)10-28-15(19)6-17(24)26-4-2/h5-6,11,20H,3-4,7-10H2,1-2H3/b14-5-,15-6?. The van der Waals surface area contributed by atoms with Crippen LogP contribution in [-0.4, -0.2) is 82.6 Å². The maximum atomic E-state index is 12.1. The van der Waals surface area contributed by atoms with Crippen molar-refractivity contribution in [2.24, 2.45) is 0 Å². The van der Waals surface area contributed by atoms with Crippen LogP contribution < -0.4 is 0 Å². The Kier molecular flexibility index (Phi) is 8.39. The molecule has 28 heavy (non-hydrogen) atoms. The van der Waals surface area contributed by atoms with E-state index in [1.165, 1.54) is 45.5 Å². The number of hydrogen-bond donors (Lipinski definition) is 1. The van der Waals surface area contributed by atoms with Gasteiger partial charge in [-0.25, -0.2) is 9.59 Å². The van der Waals surface area contributed by atoms with Gasteiger partial charge in [0.1, 0.15) is 0 Å². The first kappa shape index (κ1) is 22.3. The summed E-state index contributed by atoms with van der Waals surface area (Å²) < 4.78 is 9.70. The number of carbonyl (C=O) groups excluding carboxylic acids is 4. The van der Waals surface area contributed by atoms with E-state index in [0.717, 1.165) is 0 Å². The number of nitrogens with zero attached hydrogens (tertiary/aromatic N) is 2. The van der Waals surface area contributed by atoms with Gasteiger partial charge in [0.25, 0.3) is 0 Å². The van der Waals surface area contributed by atoms with Gasteiger partial charge in [0.15, 0.2) is 0 Å². The minimum Gasteiger partial charge on any atom is -0.463 e. The molecule has 2 amide bonds. The lowest BCUT2D eigenvalue weighted by atomic mass is 10.3. The summed E-state index contributed by atoms with van der Waals surface area (Å²) in [6.45, 7) is 3.62. The first-order valence-electron chi connectivity index (χ1n) is 8.67. The van der Waals surface area contributed by atoms with E-state index in [2.05, 4.69) is 0 Å². The Bertz CT molecular complexity index is 650. The van der Waals surface area contributed by atoms with Gasteiger partial charge in [-0.2, -0.15) is 0 Å². The Morgan fingerprint density at radius 1 is 0.964 bits per heavy atom. The van der Waals surface area contributed by atoms with Crippen molar-refractivity contribution in [3.05, 3.63) is 22.2 Å². The average molecular weight is 431 g/mol. The molecule has 2 aliphatic rings. The zero-order valence-electron chi connectivity index (χ0n) is 15.6. The number of thioether (sulfide) groups is 2. The molecular weight excluding hydrogens is 408 g/mol. The maximum absolute atomic E-state index is 12.1. The van der Waals surface area contributed by atoms with Crippen molar-refractivity contribution in [1.82, 2.24) is 9.80 Å². The van der Waals surface area contributed by atoms with E-state index in [1.54, 1.807) is 13.8 Å². The molecule has 11 heteroatoms. The second kappa shape index (κ2) is 10.5. The van der Waals surface area contributed by atoms with Crippen LogP contribution in [-0.2, 0) is 28.7 Å². The summed E-state index contributed by atoms with van der Waals surface area (Å²) in [7, 11) is 0. The van der Waals surface area contributed by atoms with Gasteiger partial charge in [0, 0.05) is 0 Å². The first-order chi connectivity index (χ1) is 13.3. The van der Waals surface area contributed by atoms with Crippen molar-refractivity contribution in [2.45, 2.75) is 20.0 Å². The van der Waals surface area contributed by atoms with E-state index in [9.17, 15) is 24.3 Å². The van der Waals surface area contributed by atoms with Crippen LogP contribution in [0.1, 0.15) is 13.8 Å². The van der Waals surface area contributed by atoms with Crippen LogP contribution >= 0.6 is 23.5 Å². The predicted molar refractivity (Wildman–Crippen MR) is 104 cm³/mol. The molecule has 0 aromatic heterocycles. The van der Waals surface area contributed by atoms with Gasteiger partial charge in [-0.05, 0) is 13.8 Å². The fraction of sp³-hybridized carbons (Fsp3) is 0.529. The highest BCUT2D eigenvalue weighted by molar-refractivity contribution is 8.04. The van der Waals surface area contributed by atoms with Crippen molar-refractivity contribution in [3.63, 3.8) is 0 Å². The lowest BCUT2D eigenvalue weighted by Gasteiger charge is -2.25. The third-order valence-electron chi connectivity index (χ3n) is 3.66. The van der Waals surface area contributed by atoms with Crippen molar-refractivity contribution in [3.8, 4) is 0 Å². The largest absolute Gasteiger partial charge is 0.463 e. The molecule has 2 heterocycles. The molecule has 2 rings (SSSR count). The van der Waals surface area contributed by atoms with Gasteiger partial charge in [-0.15, -0.1) is 0 Å². The van der Waals surface area contributed by atoms with E-state index >= 15 is 0 Å². The molecule has 0 aliphatic carbocycles. The Balaban J connectivity index is 2.03. The zero-order valence-corrected chi connectivity index (χ0v) is 17.2. The quantitative estimate of drug-likeness (QED) is 0.429. The smallest absolute Gasteiger partial charge is 0.333 e. The normalized spacial score (nSPS) is 21.0. The lowest BCUT2D eigenvalue weighted by Crippen LogP contribution is -2.41. The fourth-order valence-corrected chi connectivity index (χ4v) is 4.38. The summed E-state index contributed by atoms with van der Waals surface area (Å²) in [4.78, 5) is 50.1. The molecule has 1 unspecified atom stereocenters. The first-order valence-corrected chi connectivity index (χ1v) is 10.6. The number of esters is 2. The molecule has 0 bridgehead atoms. The van der Waals surface area contributed by atoms with Crippen LogP contribution in [0.3, 0.4) is 0 Å². The highest BCUT2D eigenvalue weighted by atomic mass is 32.2. The molecule has 2 fully saturated rings. The van der Waals surface area contributed by atoms with Gasteiger partial charge in [-0.1, -0.05) is 23.5 Å². The molecule has 2 saturated heterocycles. The van der Waals surface area contributed by atoms with Gasteiger partial charge >= 0.3 is 11.9 Å². The van der Waals surface area contributed by atoms with E-state index in [4.69, 9.17) is 9.47 Å². The molecule has 0 spiro atoms. The van der Waals surface area contributed by atoms with Crippen LogP contribution in [0.5, 0.6) is 0 Å². The molecule has 9 nitrogen and oxygen atoms in total. The lowest BCUT2D eigenvalue weighted by molar-refractivity contribution is -0.138. The van der Waals surface area contributed by atoms with Crippen LogP contribution in [0.15, 0.2) is 22.2 Å². The summed E-state index contributed by atoms with van der Waals surface area (Å²) >= 11 is 2.36. The van der Waals surface area contributed by atoms with E-state index in [0.29, 0.717) is 10.1 Å². The Hall–Kier alpha value is -1.98. The number of β-amino-alcohol motifs (C(OH)–C–C–N with tert-alkyl or cyclic N) is 1. The predicted octanol–water partition coefficient (Wildman–Crippen LogP) is 0.307. The SMILES string of the molecule is CCOC(=O)C=C1SCC(=O)N1CC(O)CN1C(=O)CS/C1=C\C(=O)OCC. The summed E-state index contributed by atoms with van der Waals surface area (Å²) in [6.07, 6.45) is 1.37. The zero-order chi connectivity index (χ0) is 20.7. The number of rotatable bonds is 8. The Morgan fingerprint density at radius 3 is 1.71 bits per heavy atom. The maximum Gasteiger partial charge on any atom is 0.333 e. The second-order valence-electron chi connectivity index (χ2n) is 5.71. The minimum atomic E-state index is -1.07. The third kappa shape index (κ3) is 6.01. The molecule has 154 valence electrons. The van der Waals surface area contributed by atoms with Crippen LogP contribution in [0, 0.1) is 0 Å². The molecule has 0 aromatic rings. The summed E-state index contributed by atoms with van der Waals surface area (Å²) in [6, 6.07) is 0. The molecule has 1 atom stereocenters. The third-order valence-corrected chi connectivity index (χ3v) is 5.71. The van der Waals surface area contributed by atoms with E-state index < -0.39 is 18.0 Å². The number of carbonyl (C=O) groups is 4. The topological polar surface area (TPSA) is 113 Å². The molecule has 0 saturated carbocycles. The number of amides is 2. The monoisotopic (exact) mass is 430 g/mol. The van der Waals surface area contributed by atoms with E-state index in [1.807, 2.05) is 0 Å². The average Bonchev–Trinajstić information content (AvgIpc) is 3.13. The molecule has 2 aliphatic heterocycles. The fourth-order valence-electron chi connectivity index (χ4n) is 2.50. The van der Waals surface area contributed by atoms with Gasteiger partial charge < -0.3 is 24.4 Å². The number of ether oxygens (including phenoxy) is 2. The highest BCUT2D eigenvalue weighted by Gasteiger charge is 2.33. The Morgan fingerprint density at radius 2 is 1.36 bits per heavy atom. The molecule has 0 radical (unpaired) electrons. The molecule has 0 aromatic carbocycles. The second-order valence-corrected chi connectivity index (χ2v) is 7.70. The van der Waals surface area contributed by atoms with Crippen LogP contribution in [0.2, 0.25) is 0 Å². The van der Waals surface area contributed by atoms with Crippen molar-refractivity contribution >= 4 is 47.3 Å². The number of hydrogen-bond acceptors (Lipinski definition) is 9. The Labute approximate surface area is 171 Å². The van der Waals surface area contributed by atoms with Crippen molar-refractivity contribution in [1.29, 1.82) is 0 Å². The highest BCUT2D eigenvalue weighted by Crippen LogP contribution is 2.31. The summed E-state index contributed by atoms with van der Waals surface area (Å²) in [5.74, 6) is -1.31. The number of aliphatic hydroxyl groups excluding tert-OH is 1. The molecular formula is C17H22N2O7S2. The number of aliphatic hydroxyl groups is 1. The van der Waals surface area contributed by atoms with Crippen LogP contribution in [0.4, 0.5) is 0 Å². The van der Waals surface area contributed by atoms with Crippen LogP contribution in [0.25, 0.3) is 0 Å². The van der Waals surface area contributed by atoms with E-state index in [-0.39, 0.29) is 49.6 Å². The summed E-state index contributed by atoms with van der Waals surface area (Å²) in [5.41, 5.74) is 0. The minimum absolute atomic E-state index is 0.0851. The van der Waals surface area contributed by atoms with Gasteiger partial charge in [0.05, 0.1) is 66.1 Å². The van der Waals surface area contributed by atoms with Gasteiger partial charge in [0.2, 0.25) is 11.8 Å². The van der Waals surface area contributed by atoms with Gasteiger partial charge in [-0.3, -0.25) is 9.59 Å². The summed E-state index contributed by atoms with van der Waals surface area (Å²) in [5, 5.41) is 11.2. The van der Waals surface area contributed by atoms with Crippen molar-refractivity contribution in [2.75, 3.05) is 37.8 Å². The van der Waals surface area contributed by atoms with Crippen molar-refractivity contribution < 1.29 is 33.8 Å². The molecule has 1 N–H and O–H groups in total.